The van der Waals surface area contributed by atoms with E-state index >= 15 is 0 Å². The molecule has 1 heteroatoms. The van der Waals surface area contributed by atoms with E-state index in [1.54, 1.807) is 0 Å². The molecule has 0 rings (SSSR count). The largest absolute Gasteiger partial charge is 0.393 e. The first kappa shape index (κ1) is 18.0. The third-order valence-electron chi connectivity index (χ3n) is 4.55. The van der Waals surface area contributed by atoms with E-state index in [0.717, 1.165) is 12.8 Å². The Kier molecular flexibility index (Phi) is 10.8. The van der Waals surface area contributed by atoms with Gasteiger partial charge in [-0.25, -0.2) is 0 Å². The lowest BCUT2D eigenvalue weighted by molar-refractivity contribution is -0.00314. The maximum Gasteiger partial charge on any atom is 0.0596 e. The second-order valence-corrected chi connectivity index (χ2v) is 5.93. The van der Waals surface area contributed by atoms with E-state index in [0.29, 0.717) is 0 Å². The molecular formula is C17H36O. The first-order valence-electron chi connectivity index (χ1n) is 8.34. The van der Waals surface area contributed by atoms with Crippen molar-refractivity contribution in [1.29, 1.82) is 0 Å². The predicted octanol–water partition coefficient (Wildman–Crippen LogP) is 5.70. The molecule has 1 nitrogen and oxygen atoms in total. The summed E-state index contributed by atoms with van der Waals surface area (Å²) in [5, 5.41) is 10.6. The fourth-order valence-electron chi connectivity index (χ4n) is 3.00. The van der Waals surface area contributed by atoms with Gasteiger partial charge in [0.05, 0.1) is 6.10 Å². The lowest BCUT2D eigenvalue weighted by Gasteiger charge is -2.38. The summed E-state index contributed by atoms with van der Waals surface area (Å²) >= 11 is 0. The van der Waals surface area contributed by atoms with E-state index < -0.39 is 0 Å². The molecule has 0 saturated carbocycles. The Bertz CT molecular complexity index is 168. The number of hydrogen-bond donors (Lipinski definition) is 1. The average molecular weight is 256 g/mol. The summed E-state index contributed by atoms with van der Waals surface area (Å²) in [6.07, 6.45) is 13.2. The second kappa shape index (κ2) is 10.8. The van der Waals surface area contributed by atoms with Crippen LogP contribution in [0.2, 0.25) is 0 Å². The van der Waals surface area contributed by atoms with Gasteiger partial charge < -0.3 is 5.11 Å². The van der Waals surface area contributed by atoms with Crippen molar-refractivity contribution in [3.63, 3.8) is 0 Å². The third kappa shape index (κ3) is 6.22. The first-order chi connectivity index (χ1) is 8.66. The molecule has 1 atom stereocenters. The van der Waals surface area contributed by atoms with Crippen molar-refractivity contribution in [1.82, 2.24) is 0 Å². The summed E-state index contributed by atoms with van der Waals surface area (Å²) in [6.45, 7) is 9.01. The quantitative estimate of drug-likeness (QED) is 0.444. The predicted molar refractivity (Wildman–Crippen MR) is 81.9 cm³/mol. The maximum absolute atomic E-state index is 10.6. The van der Waals surface area contributed by atoms with Crippen LogP contribution in [0.4, 0.5) is 0 Å². The molecule has 0 aromatic carbocycles. The summed E-state index contributed by atoms with van der Waals surface area (Å²) in [5.41, 5.74) is 0.208. The van der Waals surface area contributed by atoms with Gasteiger partial charge in [0.2, 0.25) is 0 Å². The van der Waals surface area contributed by atoms with E-state index in [1.165, 1.54) is 57.8 Å². The van der Waals surface area contributed by atoms with E-state index in [-0.39, 0.29) is 11.5 Å². The highest BCUT2D eigenvalue weighted by Gasteiger charge is 2.34. The summed E-state index contributed by atoms with van der Waals surface area (Å²) in [5.74, 6) is 0. The van der Waals surface area contributed by atoms with Gasteiger partial charge in [0.25, 0.3) is 0 Å². The molecule has 0 spiro atoms. The highest BCUT2D eigenvalue weighted by atomic mass is 16.3. The van der Waals surface area contributed by atoms with E-state index in [2.05, 4.69) is 27.7 Å². The molecule has 0 aliphatic heterocycles. The molecular weight excluding hydrogens is 220 g/mol. The van der Waals surface area contributed by atoms with Gasteiger partial charge in [0.1, 0.15) is 0 Å². The number of aliphatic hydroxyl groups excluding tert-OH is 1. The number of unbranched alkanes of at least 4 members (excludes halogenated alkanes) is 4. The Balaban J connectivity index is 4.46. The average Bonchev–Trinajstić information content (AvgIpc) is 2.40. The van der Waals surface area contributed by atoms with Crippen molar-refractivity contribution in [2.45, 2.75) is 104 Å². The number of hydrogen-bond acceptors (Lipinski definition) is 1. The molecule has 110 valence electrons. The van der Waals surface area contributed by atoms with Crippen LogP contribution in [0.3, 0.4) is 0 Å². The molecule has 0 amide bonds. The zero-order valence-corrected chi connectivity index (χ0v) is 13.3. The fourth-order valence-corrected chi connectivity index (χ4v) is 3.00. The molecule has 0 fully saturated rings. The van der Waals surface area contributed by atoms with Crippen molar-refractivity contribution in [2.24, 2.45) is 5.41 Å². The van der Waals surface area contributed by atoms with Gasteiger partial charge in [-0.15, -0.1) is 0 Å². The normalized spacial score (nSPS) is 13.8. The van der Waals surface area contributed by atoms with Crippen molar-refractivity contribution < 1.29 is 5.11 Å². The molecule has 0 radical (unpaired) electrons. The lowest BCUT2D eigenvalue weighted by atomic mass is 9.70. The molecule has 0 bridgehead atoms. The van der Waals surface area contributed by atoms with E-state index in [9.17, 15) is 5.11 Å². The zero-order valence-electron chi connectivity index (χ0n) is 13.3. The van der Waals surface area contributed by atoms with Crippen LogP contribution in [0, 0.1) is 5.41 Å². The van der Waals surface area contributed by atoms with Gasteiger partial charge >= 0.3 is 0 Å². The van der Waals surface area contributed by atoms with E-state index in [1.807, 2.05) is 0 Å². The smallest absolute Gasteiger partial charge is 0.0596 e. The van der Waals surface area contributed by atoms with Crippen LogP contribution in [-0.2, 0) is 0 Å². The van der Waals surface area contributed by atoms with Gasteiger partial charge in [0.15, 0.2) is 0 Å². The highest BCUT2D eigenvalue weighted by molar-refractivity contribution is 4.85. The van der Waals surface area contributed by atoms with Gasteiger partial charge in [0, 0.05) is 0 Å². The molecule has 0 saturated heterocycles. The first-order valence-corrected chi connectivity index (χ1v) is 8.34. The van der Waals surface area contributed by atoms with Crippen molar-refractivity contribution in [2.75, 3.05) is 0 Å². The van der Waals surface area contributed by atoms with Crippen LogP contribution < -0.4 is 0 Å². The minimum absolute atomic E-state index is 0.0767. The molecule has 0 aromatic rings. The SMILES string of the molecule is CCCCCC(O)C(CC)(CCCC)CCCC. The Morgan fingerprint density at radius 3 is 1.67 bits per heavy atom. The maximum atomic E-state index is 10.6. The standard InChI is InChI=1S/C17H36O/c1-5-9-12-13-16(18)17(8-4,14-10-6-2)15-11-7-3/h16,18H,5-15H2,1-4H3. The summed E-state index contributed by atoms with van der Waals surface area (Å²) < 4.78 is 0. The fraction of sp³-hybridized carbons (Fsp3) is 1.00. The second-order valence-electron chi connectivity index (χ2n) is 5.93. The van der Waals surface area contributed by atoms with Crippen LogP contribution in [0.1, 0.15) is 98.3 Å². The Morgan fingerprint density at radius 1 is 0.778 bits per heavy atom. The van der Waals surface area contributed by atoms with Crippen LogP contribution >= 0.6 is 0 Å². The lowest BCUT2D eigenvalue weighted by Crippen LogP contribution is -2.35. The topological polar surface area (TPSA) is 20.2 Å². The molecule has 0 aliphatic carbocycles. The van der Waals surface area contributed by atoms with Gasteiger partial charge in [-0.2, -0.15) is 0 Å². The van der Waals surface area contributed by atoms with Crippen LogP contribution in [-0.4, -0.2) is 11.2 Å². The number of aliphatic hydroxyl groups is 1. The molecule has 1 N–H and O–H groups in total. The molecule has 0 heterocycles. The van der Waals surface area contributed by atoms with Crippen molar-refractivity contribution in [3.8, 4) is 0 Å². The van der Waals surface area contributed by atoms with Crippen molar-refractivity contribution in [3.05, 3.63) is 0 Å². The molecule has 18 heavy (non-hydrogen) atoms. The summed E-state index contributed by atoms with van der Waals surface area (Å²) in [6, 6.07) is 0. The van der Waals surface area contributed by atoms with Gasteiger partial charge in [-0.1, -0.05) is 72.6 Å². The highest BCUT2D eigenvalue weighted by Crippen LogP contribution is 2.40. The van der Waals surface area contributed by atoms with Crippen LogP contribution in [0.15, 0.2) is 0 Å². The number of rotatable bonds is 12. The van der Waals surface area contributed by atoms with Gasteiger partial charge in [-0.05, 0) is 31.1 Å². The Morgan fingerprint density at radius 2 is 1.28 bits per heavy atom. The van der Waals surface area contributed by atoms with E-state index in [4.69, 9.17) is 0 Å². The molecule has 1 unspecified atom stereocenters. The zero-order chi connectivity index (χ0) is 13.9. The van der Waals surface area contributed by atoms with Crippen molar-refractivity contribution >= 4 is 0 Å². The third-order valence-corrected chi connectivity index (χ3v) is 4.55. The van der Waals surface area contributed by atoms with Gasteiger partial charge in [-0.3, -0.25) is 0 Å². The van der Waals surface area contributed by atoms with Crippen LogP contribution in [0.25, 0.3) is 0 Å². The minimum Gasteiger partial charge on any atom is -0.393 e. The molecule has 0 aliphatic rings. The summed E-state index contributed by atoms with van der Waals surface area (Å²) in [4.78, 5) is 0. The monoisotopic (exact) mass is 256 g/mol. The molecule has 0 aromatic heterocycles. The summed E-state index contributed by atoms with van der Waals surface area (Å²) in [7, 11) is 0. The minimum atomic E-state index is -0.0767. The Labute approximate surface area is 115 Å². The van der Waals surface area contributed by atoms with Crippen LogP contribution in [0.5, 0.6) is 0 Å². The Hall–Kier alpha value is -0.0400.